The first-order valence-electron chi connectivity index (χ1n) is 3.01. The van der Waals surface area contributed by atoms with Gasteiger partial charge in [-0.15, -0.1) is 0 Å². The molecule has 0 fully saturated rings. The molecule has 1 aliphatic heterocycles. The molecule has 0 saturated carbocycles. The van der Waals surface area contributed by atoms with Crippen LogP contribution in [0.15, 0.2) is 11.0 Å². The molecule has 11 heavy (non-hydrogen) atoms. The van der Waals surface area contributed by atoms with E-state index >= 15 is 0 Å². The average Bonchev–Trinajstić information content (AvgIpc) is 2.07. The molecule has 1 rings (SSSR count). The Kier molecular flexibility index (Phi) is 2.25. The maximum atomic E-state index is 10.9. The molecule has 3 nitrogen and oxygen atoms in total. The Bertz CT molecular complexity index is 323. The van der Waals surface area contributed by atoms with E-state index in [1.54, 1.807) is 6.92 Å². The Morgan fingerprint density at radius 2 is 2.45 bits per heavy atom. The van der Waals surface area contributed by atoms with E-state index in [0.29, 0.717) is 0 Å². The van der Waals surface area contributed by atoms with E-state index in [4.69, 9.17) is 5.26 Å². The summed E-state index contributed by atoms with van der Waals surface area (Å²) in [5.74, 6) is 0.0804. The molecule has 0 unspecified atom stereocenters. The molecule has 1 atom stereocenters. The van der Waals surface area contributed by atoms with Crippen molar-refractivity contribution in [2.45, 2.75) is 12.2 Å². The molecule has 1 aliphatic rings. The molecule has 60 valence electrons. The van der Waals surface area contributed by atoms with Crippen LogP contribution in [0.3, 0.4) is 0 Å². The van der Waals surface area contributed by atoms with E-state index < -0.39 is 9.84 Å². The van der Waals surface area contributed by atoms with Crippen molar-refractivity contribution in [3.8, 4) is 5.40 Å². The zero-order valence-corrected chi connectivity index (χ0v) is 7.58. The molecule has 0 bridgehead atoms. The van der Waals surface area contributed by atoms with Gasteiger partial charge in [-0.25, -0.2) is 8.42 Å². The number of thiocyanates is 1. The average molecular weight is 189 g/mol. The Balaban J connectivity index is 2.83. The molecular formula is C6H7NO2S2. The maximum absolute atomic E-state index is 10.9. The van der Waals surface area contributed by atoms with Crippen LogP contribution in [0.25, 0.3) is 0 Å². The van der Waals surface area contributed by atoms with E-state index in [1.807, 2.05) is 5.40 Å². The summed E-state index contributed by atoms with van der Waals surface area (Å²) < 4.78 is 21.9. The highest BCUT2D eigenvalue weighted by atomic mass is 32.2. The Labute approximate surface area is 70.0 Å². The zero-order chi connectivity index (χ0) is 8.48. The highest BCUT2D eigenvalue weighted by Gasteiger charge is 2.27. The van der Waals surface area contributed by atoms with Gasteiger partial charge in [0.05, 0.1) is 11.0 Å². The summed E-state index contributed by atoms with van der Waals surface area (Å²) in [7, 11) is -3.00. The quantitative estimate of drug-likeness (QED) is 0.575. The van der Waals surface area contributed by atoms with Crippen LogP contribution < -0.4 is 0 Å². The normalized spacial score (nSPS) is 27.6. The SMILES string of the molecule is CC1=CS(=O)(=O)C[C@H]1SC#N. The van der Waals surface area contributed by atoms with E-state index in [0.717, 1.165) is 17.3 Å². The molecule has 0 saturated heterocycles. The van der Waals surface area contributed by atoms with Crippen molar-refractivity contribution in [2.24, 2.45) is 0 Å². The summed E-state index contributed by atoms with van der Waals surface area (Å²) >= 11 is 1.01. The number of nitrogens with zero attached hydrogens (tertiary/aromatic N) is 1. The van der Waals surface area contributed by atoms with Gasteiger partial charge in [-0.05, 0) is 24.3 Å². The summed E-state index contributed by atoms with van der Waals surface area (Å²) in [5, 5.41) is 11.3. The third-order valence-corrected chi connectivity index (χ3v) is 4.12. The number of hydrogen-bond donors (Lipinski definition) is 0. The van der Waals surface area contributed by atoms with Gasteiger partial charge in [0, 0.05) is 5.41 Å². The first-order chi connectivity index (χ1) is 5.05. The van der Waals surface area contributed by atoms with Crippen molar-refractivity contribution in [2.75, 3.05) is 5.75 Å². The van der Waals surface area contributed by atoms with Crippen LogP contribution in [0.5, 0.6) is 0 Å². The molecule has 0 aromatic rings. The van der Waals surface area contributed by atoms with Crippen molar-refractivity contribution in [3.05, 3.63) is 11.0 Å². The van der Waals surface area contributed by atoms with Crippen LogP contribution in [0.2, 0.25) is 0 Å². The zero-order valence-electron chi connectivity index (χ0n) is 5.94. The standard InChI is InChI=1S/C6H7NO2S2/c1-5-2-11(8,9)3-6(5)10-4-7/h2,6H,3H2,1H3/t6-/m1/s1. The number of hydrogen-bond acceptors (Lipinski definition) is 4. The number of nitriles is 1. The highest BCUT2D eigenvalue weighted by Crippen LogP contribution is 2.26. The molecule has 1 heterocycles. The third-order valence-electron chi connectivity index (χ3n) is 1.45. The van der Waals surface area contributed by atoms with Gasteiger partial charge in [-0.2, -0.15) is 5.26 Å². The smallest absolute Gasteiger partial charge is 0.173 e. The van der Waals surface area contributed by atoms with Gasteiger partial charge in [0.1, 0.15) is 5.40 Å². The molecule has 0 aromatic carbocycles. The molecule has 0 N–H and O–H groups in total. The fourth-order valence-corrected chi connectivity index (χ4v) is 3.76. The van der Waals surface area contributed by atoms with Crippen molar-refractivity contribution in [1.29, 1.82) is 5.26 Å². The molecule has 0 aliphatic carbocycles. The van der Waals surface area contributed by atoms with Crippen LogP contribution in [0.1, 0.15) is 6.92 Å². The van der Waals surface area contributed by atoms with E-state index in [1.165, 1.54) is 5.41 Å². The lowest BCUT2D eigenvalue weighted by atomic mass is 10.3. The van der Waals surface area contributed by atoms with Gasteiger partial charge in [0.25, 0.3) is 0 Å². The van der Waals surface area contributed by atoms with Crippen molar-refractivity contribution in [1.82, 2.24) is 0 Å². The second-order valence-corrected chi connectivity index (χ2v) is 5.27. The fraction of sp³-hybridized carbons (Fsp3) is 0.500. The van der Waals surface area contributed by atoms with Crippen molar-refractivity contribution < 1.29 is 8.42 Å². The first kappa shape index (κ1) is 8.62. The lowest BCUT2D eigenvalue weighted by Crippen LogP contribution is -2.08. The van der Waals surface area contributed by atoms with Gasteiger partial charge in [0.2, 0.25) is 0 Å². The molecule has 0 spiro atoms. The lowest BCUT2D eigenvalue weighted by Gasteiger charge is -2.01. The summed E-state index contributed by atoms with van der Waals surface area (Å²) in [5.41, 5.74) is 0.775. The number of rotatable bonds is 1. The maximum Gasteiger partial charge on any atom is 0.173 e. The van der Waals surface area contributed by atoms with Gasteiger partial charge < -0.3 is 0 Å². The fourth-order valence-electron chi connectivity index (χ4n) is 0.940. The summed E-state index contributed by atoms with van der Waals surface area (Å²) in [4.78, 5) is 0. The van der Waals surface area contributed by atoms with Gasteiger partial charge in [-0.1, -0.05) is 0 Å². The molecule has 0 amide bonds. The van der Waals surface area contributed by atoms with Gasteiger partial charge in [-0.3, -0.25) is 0 Å². The molecule has 0 radical (unpaired) electrons. The highest BCUT2D eigenvalue weighted by molar-refractivity contribution is 8.06. The molecule has 5 heteroatoms. The first-order valence-corrected chi connectivity index (χ1v) is 5.60. The minimum Gasteiger partial charge on any atom is -0.224 e. The van der Waals surface area contributed by atoms with Crippen LogP contribution in [-0.4, -0.2) is 19.4 Å². The summed E-state index contributed by atoms with van der Waals surface area (Å²) in [6.45, 7) is 1.74. The lowest BCUT2D eigenvalue weighted by molar-refractivity contribution is 0.606. The van der Waals surface area contributed by atoms with Crippen LogP contribution >= 0.6 is 11.8 Å². The van der Waals surface area contributed by atoms with Crippen LogP contribution in [0.4, 0.5) is 0 Å². The van der Waals surface area contributed by atoms with E-state index in [2.05, 4.69) is 0 Å². The van der Waals surface area contributed by atoms with Crippen molar-refractivity contribution >= 4 is 21.6 Å². The van der Waals surface area contributed by atoms with Crippen LogP contribution in [0, 0.1) is 10.7 Å². The molecular weight excluding hydrogens is 182 g/mol. The monoisotopic (exact) mass is 189 g/mol. The molecule has 0 aromatic heterocycles. The van der Waals surface area contributed by atoms with E-state index in [-0.39, 0.29) is 11.0 Å². The largest absolute Gasteiger partial charge is 0.224 e. The predicted octanol–water partition coefficient (Wildman–Crippen LogP) is 0.901. The van der Waals surface area contributed by atoms with Gasteiger partial charge in [0.15, 0.2) is 9.84 Å². The van der Waals surface area contributed by atoms with Gasteiger partial charge >= 0.3 is 0 Å². The Morgan fingerprint density at radius 3 is 2.82 bits per heavy atom. The third kappa shape index (κ3) is 1.98. The predicted molar refractivity (Wildman–Crippen MR) is 44.5 cm³/mol. The minimum atomic E-state index is -3.00. The second kappa shape index (κ2) is 2.88. The summed E-state index contributed by atoms with van der Waals surface area (Å²) in [6, 6.07) is 0. The Morgan fingerprint density at radius 1 is 1.82 bits per heavy atom. The van der Waals surface area contributed by atoms with Crippen LogP contribution in [-0.2, 0) is 9.84 Å². The number of sulfone groups is 1. The topological polar surface area (TPSA) is 57.9 Å². The van der Waals surface area contributed by atoms with Crippen molar-refractivity contribution in [3.63, 3.8) is 0 Å². The second-order valence-electron chi connectivity index (χ2n) is 2.39. The minimum absolute atomic E-state index is 0.0804. The number of thioether (sulfide) groups is 1. The van der Waals surface area contributed by atoms with E-state index in [9.17, 15) is 8.42 Å². The Hall–Kier alpha value is -0.470. The summed E-state index contributed by atoms with van der Waals surface area (Å²) in [6.07, 6.45) is 0.